The zero-order valence-corrected chi connectivity index (χ0v) is 9.93. The van der Waals surface area contributed by atoms with Crippen LogP contribution >= 0.6 is 11.3 Å². The summed E-state index contributed by atoms with van der Waals surface area (Å²) in [6, 6.07) is 4.19. The van der Waals surface area contributed by atoms with Gasteiger partial charge in [0.25, 0.3) is 0 Å². The Kier molecular flexibility index (Phi) is 3.44. The summed E-state index contributed by atoms with van der Waals surface area (Å²) >= 11 is 1.77. The molecule has 15 heavy (non-hydrogen) atoms. The van der Waals surface area contributed by atoms with Gasteiger partial charge in [0.15, 0.2) is 0 Å². The van der Waals surface area contributed by atoms with E-state index in [1.807, 2.05) is 6.92 Å². The van der Waals surface area contributed by atoms with Crippen molar-refractivity contribution in [2.24, 2.45) is 0 Å². The van der Waals surface area contributed by atoms with Gasteiger partial charge in [-0.3, -0.25) is 0 Å². The SMILES string of the molecule is CCOC1CC(O)(CCc2cccs2)C1. The summed E-state index contributed by atoms with van der Waals surface area (Å²) in [5.74, 6) is 0. The molecule has 0 aromatic carbocycles. The first kappa shape index (κ1) is 11.1. The normalized spacial score (nSPS) is 30.1. The van der Waals surface area contributed by atoms with Gasteiger partial charge in [0.1, 0.15) is 0 Å². The van der Waals surface area contributed by atoms with Crippen LogP contribution in [0, 0.1) is 0 Å². The quantitative estimate of drug-likeness (QED) is 0.836. The molecule has 1 aromatic rings. The lowest BCUT2D eigenvalue weighted by Gasteiger charge is -2.43. The van der Waals surface area contributed by atoms with Gasteiger partial charge in [-0.25, -0.2) is 0 Å². The van der Waals surface area contributed by atoms with Crippen LogP contribution in [0.15, 0.2) is 17.5 Å². The molecule has 0 atom stereocenters. The summed E-state index contributed by atoms with van der Waals surface area (Å²) in [6.45, 7) is 2.76. The molecular weight excluding hydrogens is 208 g/mol. The molecule has 1 aromatic heterocycles. The minimum Gasteiger partial charge on any atom is -0.390 e. The summed E-state index contributed by atoms with van der Waals surface area (Å²) < 4.78 is 5.45. The number of rotatable bonds is 5. The first-order valence-corrected chi connectivity index (χ1v) is 6.46. The molecule has 1 saturated carbocycles. The Bertz CT molecular complexity index is 289. The number of aliphatic hydroxyl groups is 1. The molecule has 0 unspecified atom stereocenters. The molecule has 1 fully saturated rings. The molecule has 1 N–H and O–H groups in total. The van der Waals surface area contributed by atoms with Crippen LogP contribution in [-0.4, -0.2) is 23.4 Å². The maximum absolute atomic E-state index is 10.1. The van der Waals surface area contributed by atoms with E-state index in [9.17, 15) is 5.11 Å². The summed E-state index contributed by atoms with van der Waals surface area (Å²) in [5, 5.41) is 12.2. The van der Waals surface area contributed by atoms with Gasteiger partial charge in [-0.1, -0.05) is 6.07 Å². The average molecular weight is 226 g/mol. The van der Waals surface area contributed by atoms with Crippen LogP contribution < -0.4 is 0 Å². The summed E-state index contributed by atoms with van der Waals surface area (Å²) in [7, 11) is 0. The highest BCUT2D eigenvalue weighted by atomic mass is 32.1. The lowest BCUT2D eigenvalue weighted by atomic mass is 9.74. The van der Waals surface area contributed by atoms with Gasteiger partial charge in [-0.2, -0.15) is 0 Å². The minimum atomic E-state index is -0.455. The first-order chi connectivity index (χ1) is 7.22. The Balaban J connectivity index is 1.72. The molecule has 2 nitrogen and oxygen atoms in total. The maximum Gasteiger partial charge on any atom is 0.0700 e. The molecule has 1 heterocycles. The summed E-state index contributed by atoms with van der Waals surface area (Å²) in [6.07, 6.45) is 3.78. The minimum absolute atomic E-state index is 0.295. The summed E-state index contributed by atoms with van der Waals surface area (Å²) in [5.41, 5.74) is -0.455. The van der Waals surface area contributed by atoms with Crippen molar-refractivity contribution in [3.05, 3.63) is 22.4 Å². The lowest BCUT2D eigenvalue weighted by molar-refractivity contribution is -0.140. The van der Waals surface area contributed by atoms with Crippen molar-refractivity contribution < 1.29 is 9.84 Å². The Morgan fingerprint density at radius 3 is 3.00 bits per heavy atom. The van der Waals surface area contributed by atoms with E-state index in [-0.39, 0.29) is 0 Å². The van der Waals surface area contributed by atoms with Gasteiger partial charge >= 0.3 is 0 Å². The van der Waals surface area contributed by atoms with Crippen molar-refractivity contribution in [2.45, 2.75) is 44.3 Å². The van der Waals surface area contributed by atoms with Crippen molar-refractivity contribution in [2.75, 3.05) is 6.61 Å². The van der Waals surface area contributed by atoms with Crippen LogP contribution in [0.3, 0.4) is 0 Å². The Hall–Kier alpha value is -0.380. The fourth-order valence-corrected chi connectivity index (χ4v) is 2.87. The van der Waals surface area contributed by atoms with Gasteiger partial charge in [-0.15, -0.1) is 11.3 Å². The molecule has 3 heteroatoms. The third kappa shape index (κ3) is 2.80. The third-order valence-corrected chi connectivity index (χ3v) is 3.97. The Morgan fingerprint density at radius 2 is 2.40 bits per heavy atom. The zero-order chi connectivity index (χ0) is 10.7. The van der Waals surface area contributed by atoms with Crippen molar-refractivity contribution in [1.82, 2.24) is 0 Å². The van der Waals surface area contributed by atoms with Crippen molar-refractivity contribution in [1.29, 1.82) is 0 Å². The van der Waals surface area contributed by atoms with Crippen LogP contribution in [0.1, 0.15) is 31.1 Å². The second-order valence-electron chi connectivity index (χ2n) is 4.29. The number of hydrogen-bond donors (Lipinski definition) is 1. The van der Waals surface area contributed by atoms with Crippen molar-refractivity contribution in [3.8, 4) is 0 Å². The fourth-order valence-electron chi connectivity index (χ4n) is 2.16. The van der Waals surface area contributed by atoms with Crippen LogP contribution in [0.4, 0.5) is 0 Å². The highest BCUT2D eigenvalue weighted by molar-refractivity contribution is 7.09. The zero-order valence-electron chi connectivity index (χ0n) is 9.11. The van der Waals surface area contributed by atoms with E-state index in [0.717, 1.165) is 32.3 Å². The van der Waals surface area contributed by atoms with Gasteiger partial charge in [0.2, 0.25) is 0 Å². The van der Waals surface area contributed by atoms with E-state index in [0.29, 0.717) is 6.10 Å². The molecule has 0 aliphatic heterocycles. The monoisotopic (exact) mass is 226 g/mol. The predicted octanol–water partition coefficient (Wildman–Crippen LogP) is 2.61. The topological polar surface area (TPSA) is 29.5 Å². The predicted molar refractivity (Wildman–Crippen MR) is 62.2 cm³/mol. The molecule has 0 amide bonds. The van der Waals surface area contributed by atoms with Gasteiger partial charge in [-0.05, 0) is 31.2 Å². The van der Waals surface area contributed by atoms with E-state index in [1.165, 1.54) is 4.88 Å². The van der Waals surface area contributed by atoms with E-state index in [1.54, 1.807) is 11.3 Å². The maximum atomic E-state index is 10.1. The number of aryl methyl sites for hydroxylation is 1. The number of thiophene rings is 1. The van der Waals surface area contributed by atoms with Crippen LogP contribution in [0.2, 0.25) is 0 Å². The van der Waals surface area contributed by atoms with Crippen molar-refractivity contribution in [3.63, 3.8) is 0 Å². The van der Waals surface area contributed by atoms with Crippen LogP contribution in [0.25, 0.3) is 0 Å². The van der Waals surface area contributed by atoms with Crippen LogP contribution in [0.5, 0.6) is 0 Å². The molecule has 0 radical (unpaired) electrons. The molecule has 84 valence electrons. The third-order valence-electron chi connectivity index (χ3n) is 3.03. The molecule has 1 aliphatic rings. The second kappa shape index (κ2) is 4.64. The highest BCUT2D eigenvalue weighted by Gasteiger charge is 2.42. The van der Waals surface area contributed by atoms with Crippen molar-refractivity contribution >= 4 is 11.3 Å². The Labute approximate surface area is 94.9 Å². The van der Waals surface area contributed by atoms with Gasteiger partial charge in [0, 0.05) is 24.3 Å². The molecule has 2 rings (SSSR count). The Morgan fingerprint density at radius 1 is 1.60 bits per heavy atom. The number of hydrogen-bond acceptors (Lipinski definition) is 3. The number of ether oxygens (including phenoxy) is 1. The standard InChI is InChI=1S/C12H18O2S/c1-2-14-10-8-12(13,9-10)6-5-11-4-3-7-15-11/h3-4,7,10,13H,2,5-6,8-9H2,1H3. The smallest absolute Gasteiger partial charge is 0.0700 e. The average Bonchev–Trinajstić information content (AvgIpc) is 2.65. The first-order valence-electron chi connectivity index (χ1n) is 5.58. The van der Waals surface area contributed by atoms with E-state index < -0.39 is 5.60 Å². The van der Waals surface area contributed by atoms with E-state index in [2.05, 4.69) is 17.5 Å². The molecule has 0 saturated heterocycles. The fraction of sp³-hybridized carbons (Fsp3) is 0.667. The molecule has 0 bridgehead atoms. The second-order valence-corrected chi connectivity index (χ2v) is 5.32. The van der Waals surface area contributed by atoms with Gasteiger partial charge in [0.05, 0.1) is 11.7 Å². The van der Waals surface area contributed by atoms with E-state index in [4.69, 9.17) is 4.74 Å². The lowest BCUT2D eigenvalue weighted by Crippen LogP contribution is -2.48. The highest BCUT2D eigenvalue weighted by Crippen LogP contribution is 2.38. The molecular formula is C12H18O2S. The van der Waals surface area contributed by atoms with Gasteiger partial charge < -0.3 is 9.84 Å². The molecule has 1 aliphatic carbocycles. The van der Waals surface area contributed by atoms with Crippen LogP contribution in [-0.2, 0) is 11.2 Å². The summed E-state index contributed by atoms with van der Waals surface area (Å²) in [4.78, 5) is 1.36. The molecule has 0 spiro atoms. The largest absolute Gasteiger partial charge is 0.390 e. The van der Waals surface area contributed by atoms with E-state index >= 15 is 0 Å².